The highest BCUT2D eigenvalue weighted by molar-refractivity contribution is 5.79. The molecule has 2 amide bonds. The second-order valence-corrected chi connectivity index (χ2v) is 2.86. The van der Waals surface area contributed by atoms with Gasteiger partial charge in [0, 0.05) is 20.6 Å². The van der Waals surface area contributed by atoms with Gasteiger partial charge < -0.3 is 14.9 Å². The van der Waals surface area contributed by atoms with Gasteiger partial charge in [0.05, 0.1) is 12.5 Å². The number of hydrogen-bond acceptors (Lipinski definition) is 3. The van der Waals surface area contributed by atoms with Gasteiger partial charge in [-0.25, -0.2) is 4.79 Å². The maximum Gasteiger partial charge on any atom is 0.323 e. The minimum Gasteiger partial charge on any atom is -0.480 e. The Hall–Kier alpha value is -1.77. The van der Waals surface area contributed by atoms with Crippen molar-refractivity contribution in [1.82, 2.24) is 9.80 Å². The molecule has 78 valence electrons. The largest absolute Gasteiger partial charge is 0.480 e. The van der Waals surface area contributed by atoms with Crippen molar-refractivity contribution >= 4 is 12.0 Å². The van der Waals surface area contributed by atoms with Crippen molar-refractivity contribution in [3.63, 3.8) is 0 Å². The lowest BCUT2D eigenvalue weighted by Crippen LogP contribution is -2.41. The Balaban J connectivity index is 4.04. The molecule has 0 aromatic heterocycles. The summed E-state index contributed by atoms with van der Waals surface area (Å²) in [6.45, 7) is -0.0327. The number of likely N-dealkylation sites (N-methyl/N-ethyl adjacent to an activating group) is 1. The summed E-state index contributed by atoms with van der Waals surface area (Å²) in [4.78, 5) is 24.0. The molecule has 0 rings (SSSR count). The molecule has 0 aromatic carbocycles. The number of carbonyl (C=O) groups excluding carboxylic acids is 1. The first-order valence-corrected chi connectivity index (χ1v) is 4.04. The first kappa shape index (κ1) is 12.2. The number of hydrogen-bond donors (Lipinski definition) is 1. The highest BCUT2D eigenvalue weighted by atomic mass is 16.4. The van der Waals surface area contributed by atoms with E-state index in [2.05, 4.69) is 0 Å². The van der Waals surface area contributed by atoms with Gasteiger partial charge in [-0.2, -0.15) is 5.26 Å². The lowest BCUT2D eigenvalue weighted by atomic mass is 10.4. The van der Waals surface area contributed by atoms with Crippen LogP contribution in [0.4, 0.5) is 4.79 Å². The zero-order valence-electron chi connectivity index (χ0n) is 8.23. The molecule has 0 saturated carbocycles. The van der Waals surface area contributed by atoms with Crippen molar-refractivity contribution in [2.24, 2.45) is 0 Å². The molecule has 0 heterocycles. The fourth-order valence-corrected chi connectivity index (χ4v) is 0.875. The van der Waals surface area contributed by atoms with Gasteiger partial charge in [0.2, 0.25) is 0 Å². The van der Waals surface area contributed by atoms with E-state index >= 15 is 0 Å². The number of nitriles is 1. The number of carbonyl (C=O) groups is 2. The van der Waals surface area contributed by atoms with Crippen LogP contribution in [-0.2, 0) is 4.79 Å². The summed E-state index contributed by atoms with van der Waals surface area (Å²) < 4.78 is 0. The molecule has 0 aliphatic carbocycles. The molecule has 6 heteroatoms. The number of urea groups is 1. The van der Waals surface area contributed by atoms with Gasteiger partial charge >= 0.3 is 12.0 Å². The van der Waals surface area contributed by atoms with Crippen LogP contribution in [0.1, 0.15) is 6.42 Å². The highest BCUT2D eigenvalue weighted by Crippen LogP contribution is 1.94. The van der Waals surface area contributed by atoms with Crippen molar-refractivity contribution in [2.45, 2.75) is 6.42 Å². The Morgan fingerprint density at radius 1 is 1.36 bits per heavy atom. The zero-order valence-corrected chi connectivity index (χ0v) is 8.23. The molecule has 14 heavy (non-hydrogen) atoms. The van der Waals surface area contributed by atoms with Crippen LogP contribution in [0.15, 0.2) is 0 Å². The number of carboxylic acids is 1. The van der Waals surface area contributed by atoms with Crippen molar-refractivity contribution < 1.29 is 14.7 Å². The molecule has 0 atom stereocenters. The molecule has 0 radical (unpaired) electrons. The first-order chi connectivity index (χ1) is 6.49. The van der Waals surface area contributed by atoms with Crippen molar-refractivity contribution in [1.29, 1.82) is 5.26 Å². The summed E-state index contributed by atoms with van der Waals surface area (Å²) in [7, 11) is 2.93. The van der Waals surface area contributed by atoms with Gasteiger partial charge in [0.25, 0.3) is 0 Å². The van der Waals surface area contributed by atoms with Crippen LogP contribution in [0.2, 0.25) is 0 Å². The van der Waals surface area contributed by atoms with Crippen LogP contribution >= 0.6 is 0 Å². The third-order valence-electron chi connectivity index (χ3n) is 1.58. The normalized spacial score (nSPS) is 8.93. The second kappa shape index (κ2) is 5.80. The maximum atomic E-state index is 11.4. The predicted molar refractivity (Wildman–Crippen MR) is 48.5 cm³/mol. The van der Waals surface area contributed by atoms with E-state index in [1.807, 2.05) is 6.07 Å². The van der Waals surface area contributed by atoms with Crippen LogP contribution in [0.3, 0.4) is 0 Å². The van der Waals surface area contributed by atoms with Gasteiger partial charge in [0.15, 0.2) is 0 Å². The van der Waals surface area contributed by atoms with Gasteiger partial charge in [0.1, 0.15) is 6.54 Å². The molecule has 6 nitrogen and oxygen atoms in total. The summed E-state index contributed by atoms with van der Waals surface area (Å²) in [6.07, 6.45) is 0.239. The quantitative estimate of drug-likeness (QED) is 0.688. The monoisotopic (exact) mass is 199 g/mol. The zero-order chi connectivity index (χ0) is 11.1. The minimum absolute atomic E-state index is 0.239. The maximum absolute atomic E-state index is 11.4. The van der Waals surface area contributed by atoms with E-state index in [4.69, 9.17) is 10.4 Å². The molecule has 0 bridgehead atoms. The van der Waals surface area contributed by atoms with Crippen molar-refractivity contribution in [2.75, 3.05) is 27.2 Å². The Morgan fingerprint density at radius 2 is 1.93 bits per heavy atom. The molecule has 0 fully saturated rings. The lowest BCUT2D eigenvalue weighted by Gasteiger charge is -2.22. The highest BCUT2D eigenvalue weighted by Gasteiger charge is 2.15. The average Bonchev–Trinajstić information content (AvgIpc) is 2.11. The number of aliphatic carboxylic acids is 1. The number of nitrogens with zero attached hydrogens (tertiary/aromatic N) is 3. The van der Waals surface area contributed by atoms with E-state index in [0.29, 0.717) is 6.54 Å². The predicted octanol–water partition coefficient (Wildman–Crippen LogP) is -0.0317. The van der Waals surface area contributed by atoms with E-state index in [1.165, 1.54) is 19.0 Å². The molecule has 0 saturated heterocycles. The Bertz CT molecular complexity index is 259. The first-order valence-electron chi connectivity index (χ1n) is 4.04. The Morgan fingerprint density at radius 3 is 2.36 bits per heavy atom. The molecule has 0 aromatic rings. The summed E-state index contributed by atoms with van der Waals surface area (Å²) in [6, 6.07) is 1.50. The fourth-order valence-electron chi connectivity index (χ4n) is 0.875. The van der Waals surface area contributed by atoms with Crippen molar-refractivity contribution in [3.8, 4) is 6.07 Å². The third-order valence-corrected chi connectivity index (χ3v) is 1.58. The standard InChI is InChI=1S/C8H13N3O3/c1-10(5-3-4-9)8(14)11(2)6-7(12)13/h3,5-6H2,1-2H3,(H,12,13). The van der Waals surface area contributed by atoms with Crippen LogP contribution < -0.4 is 0 Å². The van der Waals surface area contributed by atoms with Gasteiger partial charge in [-0.3, -0.25) is 4.79 Å². The lowest BCUT2D eigenvalue weighted by molar-refractivity contribution is -0.137. The Labute approximate surface area is 82.3 Å². The Kier molecular flexibility index (Phi) is 5.07. The van der Waals surface area contributed by atoms with E-state index in [1.54, 1.807) is 0 Å². The SMILES string of the molecule is CN(CCC#N)C(=O)N(C)CC(=O)O. The molecule has 0 spiro atoms. The van der Waals surface area contributed by atoms with Gasteiger partial charge in [-0.05, 0) is 0 Å². The average molecular weight is 199 g/mol. The summed E-state index contributed by atoms with van der Waals surface area (Å²) >= 11 is 0. The summed E-state index contributed by atoms with van der Waals surface area (Å²) in [5, 5.41) is 16.7. The molecule has 0 aliphatic rings. The second-order valence-electron chi connectivity index (χ2n) is 2.86. The smallest absolute Gasteiger partial charge is 0.323 e. The summed E-state index contributed by atoms with van der Waals surface area (Å²) in [5.41, 5.74) is 0. The topological polar surface area (TPSA) is 84.6 Å². The molecule has 0 unspecified atom stereocenters. The molecular formula is C8H13N3O3. The van der Waals surface area contributed by atoms with Crippen LogP contribution in [-0.4, -0.2) is 54.1 Å². The molecule has 1 N–H and O–H groups in total. The van der Waals surface area contributed by atoms with Crippen LogP contribution in [0.5, 0.6) is 0 Å². The van der Waals surface area contributed by atoms with Gasteiger partial charge in [-0.1, -0.05) is 0 Å². The van der Waals surface area contributed by atoms with Gasteiger partial charge in [-0.15, -0.1) is 0 Å². The molecule has 0 aliphatic heterocycles. The summed E-state index contributed by atoms with van der Waals surface area (Å²) in [5.74, 6) is -1.06. The number of rotatable bonds is 4. The number of amides is 2. The minimum atomic E-state index is -1.06. The third kappa shape index (κ3) is 4.30. The van der Waals surface area contributed by atoms with Crippen molar-refractivity contribution in [3.05, 3.63) is 0 Å². The van der Waals surface area contributed by atoms with E-state index in [9.17, 15) is 9.59 Å². The van der Waals surface area contributed by atoms with Crippen LogP contribution in [0.25, 0.3) is 0 Å². The van der Waals surface area contributed by atoms with Crippen LogP contribution in [0, 0.1) is 11.3 Å². The van der Waals surface area contributed by atoms with E-state index in [-0.39, 0.29) is 13.0 Å². The fraction of sp³-hybridized carbons (Fsp3) is 0.625. The molecular weight excluding hydrogens is 186 g/mol. The van der Waals surface area contributed by atoms with E-state index in [0.717, 1.165) is 4.90 Å². The van der Waals surface area contributed by atoms with E-state index < -0.39 is 12.0 Å². The number of carboxylic acid groups (broad SMARTS) is 1.